The summed E-state index contributed by atoms with van der Waals surface area (Å²) in [5, 5.41) is 0. The summed E-state index contributed by atoms with van der Waals surface area (Å²) < 4.78 is 0. The van der Waals surface area contributed by atoms with E-state index in [4.69, 9.17) is 0 Å². The van der Waals surface area contributed by atoms with Crippen LogP contribution in [0.15, 0.2) is 59.7 Å². The molecule has 1 saturated carbocycles. The maximum Gasteiger partial charge on any atom is 0.185 e. The van der Waals surface area contributed by atoms with Gasteiger partial charge in [-0.2, -0.15) is 0 Å². The Balaban J connectivity index is 1.80. The van der Waals surface area contributed by atoms with Gasteiger partial charge in [-0.3, -0.25) is 4.79 Å². The lowest BCUT2D eigenvalue weighted by molar-refractivity contribution is -0.112. The Labute approximate surface area is 170 Å². The fourth-order valence-electron chi connectivity index (χ4n) is 3.88. The van der Waals surface area contributed by atoms with Gasteiger partial charge in [-0.1, -0.05) is 75.2 Å². The van der Waals surface area contributed by atoms with Crippen LogP contribution in [0.5, 0.6) is 0 Å². The van der Waals surface area contributed by atoms with Crippen molar-refractivity contribution >= 4 is 17.9 Å². The lowest BCUT2D eigenvalue weighted by atomic mass is 9.97. The molecule has 0 spiro atoms. The summed E-state index contributed by atoms with van der Waals surface area (Å²) in [6, 6.07) is 17.3. The topological polar surface area (TPSA) is 17.1 Å². The molecule has 0 N–H and O–H groups in total. The van der Waals surface area contributed by atoms with Gasteiger partial charge in [0.25, 0.3) is 0 Å². The van der Waals surface area contributed by atoms with Gasteiger partial charge < -0.3 is 0 Å². The Morgan fingerprint density at radius 1 is 0.679 bits per heavy atom. The monoisotopic (exact) mass is 372 g/mol. The second kappa shape index (κ2) is 10.2. The lowest BCUT2D eigenvalue weighted by Crippen LogP contribution is -2.04. The number of hydrogen-bond acceptors (Lipinski definition) is 1. The van der Waals surface area contributed by atoms with Crippen LogP contribution in [0.4, 0.5) is 0 Å². The van der Waals surface area contributed by atoms with Crippen LogP contribution in [-0.2, 0) is 17.6 Å². The molecule has 0 radical (unpaired) electrons. The second-order valence-electron chi connectivity index (χ2n) is 7.86. The van der Waals surface area contributed by atoms with Gasteiger partial charge in [0.2, 0.25) is 0 Å². The van der Waals surface area contributed by atoms with E-state index in [1.165, 1.54) is 11.1 Å². The Hall–Kier alpha value is -2.41. The molecule has 0 unspecified atom stereocenters. The standard InChI is InChI=1S/C27H32O/c1-3-7-21-11-15-23(16-12-21)19-25-9-5-6-10-26(27(25)28)20-24-17-13-22(8-4-2)14-18-24/h11-20H,3-10H2,1-2H3. The largest absolute Gasteiger partial charge is 0.289 e. The molecule has 2 aromatic carbocycles. The highest BCUT2D eigenvalue weighted by molar-refractivity contribution is 6.13. The second-order valence-corrected chi connectivity index (χ2v) is 7.86. The van der Waals surface area contributed by atoms with Crippen LogP contribution in [0.3, 0.4) is 0 Å². The molecule has 0 amide bonds. The molecule has 1 nitrogen and oxygen atoms in total. The van der Waals surface area contributed by atoms with Crippen molar-refractivity contribution in [1.29, 1.82) is 0 Å². The molecule has 0 heterocycles. The van der Waals surface area contributed by atoms with Crippen LogP contribution in [0.25, 0.3) is 12.2 Å². The molecule has 0 aliphatic heterocycles. The Morgan fingerprint density at radius 3 is 1.43 bits per heavy atom. The average molecular weight is 373 g/mol. The van der Waals surface area contributed by atoms with E-state index in [1.807, 2.05) is 0 Å². The smallest absolute Gasteiger partial charge is 0.185 e. The fraction of sp³-hybridized carbons (Fsp3) is 0.370. The lowest BCUT2D eigenvalue weighted by Gasteiger charge is -2.07. The highest BCUT2D eigenvalue weighted by Gasteiger charge is 2.18. The first-order chi connectivity index (χ1) is 13.7. The zero-order valence-electron chi connectivity index (χ0n) is 17.3. The Bertz CT molecular complexity index is 763. The van der Waals surface area contributed by atoms with Gasteiger partial charge in [0.05, 0.1) is 0 Å². The first-order valence-corrected chi connectivity index (χ1v) is 10.8. The van der Waals surface area contributed by atoms with Crippen molar-refractivity contribution in [2.24, 2.45) is 0 Å². The predicted octanol–water partition coefficient (Wildman–Crippen LogP) is 7.20. The van der Waals surface area contributed by atoms with Crippen molar-refractivity contribution < 1.29 is 4.79 Å². The number of carbonyl (C=O) groups is 1. The zero-order valence-corrected chi connectivity index (χ0v) is 17.3. The third-order valence-electron chi connectivity index (χ3n) is 5.44. The van der Waals surface area contributed by atoms with Crippen molar-refractivity contribution in [2.45, 2.75) is 65.2 Å². The van der Waals surface area contributed by atoms with Crippen LogP contribution in [0, 0.1) is 0 Å². The molecule has 1 fully saturated rings. The number of carbonyl (C=O) groups excluding carboxylic acids is 1. The maximum absolute atomic E-state index is 13.2. The summed E-state index contributed by atoms with van der Waals surface area (Å²) in [6.45, 7) is 4.40. The zero-order chi connectivity index (χ0) is 19.8. The van der Waals surface area contributed by atoms with E-state index in [2.05, 4.69) is 74.5 Å². The highest BCUT2D eigenvalue weighted by Crippen LogP contribution is 2.27. The van der Waals surface area contributed by atoms with E-state index in [1.54, 1.807) is 0 Å². The third-order valence-corrected chi connectivity index (χ3v) is 5.44. The van der Waals surface area contributed by atoms with Crippen LogP contribution < -0.4 is 0 Å². The number of aryl methyl sites for hydroxylation is 2. The van der Waals surface area contributed by atoms with Gasteiger partial charge in [0.15, 0.2) is 5.78 Å². The number of allylic oxidation sites excluding steroid dienone is 2. The number of rotatable bonds is 6. The Morgan fingerprint density at radius 2 is 1.07 bits per heavy atom. The van der Waals surface area contributed by atoms with Crippen molar-refractivity contribution in [2.75, 3.05) is 0 Å². The molecule has 1 heteroatoms. The summed E-state index contributed by atoms with van der Waals surface area (Å²) in [5.74, 6) is 0.229. The van der Waals surface area contributed by atoms with Gasteiger partial charge >= 0.3 is 0 Å². The quantitative estimate of drug-likeness (QED) is 0.387. The van der Waals surface area contributed by atoms with Crippen molar-refractivity contribution in [1.82, 2.24) is 0 Å². The van der Waals surface area contributed by atoms with E-state index in [9.17, 15) is 4.79 Å². The highest BCUT2D eigenvalue weighted by atomic mass is 16.1. The fourth-order valence-corrected chi connectivity index (χ4v) is 3.88. The minimum atomic E-state index is 0.229. The van der Waals surface area contributed by atoms with Crippen LogP contribution >= 0.6 is 0 Å². The minimum absolute atomic E-state index is 0.229. The average Bonchev–Trinajstić information content (AvgIpc) is 2.87. The molecule has 0 saturated heterocycles. The van der Waals surface area contributed by atoms with Gasteiger partial charge in [-0.15, -0.1) is 0 Å². The molecular weight excluding hydrogens is 340 g/mol. The summed E-state index contributed by atoms with van der Waals surface area (Å²) in [7, 11) is 0. The van der Waals surface area contributed by atoms with E-state index < -0.39 is 0 Å². The molecular formula is C27H32O. The van der Waals surface area contributed by atoms with E-state index in [0.717, 1.165) is 73.6 Å². The summed E-state index contributed by atoms with van der Waals surface area (Å²) >= 11 is 0. The summed E-state index contributed by atoms with van der Waals surface area (Å²) in [5.41, 5.74) is 6.90. The van der Waals surface area contributed by atoms with Gasteiger partial charge in [0, 0.05) is 11.1 Å². The molecule has 146 valence electrons. The van der Waals surface area contributed by atoms with Crippen molar-refractivity contribution in [3.63, 3.8) is 0 Å². The van der Waals surface area contributed by atoms with Crippen molar-refractivity contribution in [3.8, 4) is 0 Å². The van der Waals surface area contributed by atoms with E-state index in [0.29, 0.717) is 0 Å². The molecule has 1 aliphatic carbocycles. The van der Waals surface area contributed by atoms with E-state index in [-0.39, 0.29) is 5.78 Å². The van der Waals surface area contributed by atoms with Crippen LogP contribution in [0.2, 0.25) is 0 Å². The molecule has 28 heavy (non-hydrogen) atoms. The predicted molar refractivity (Wildman–Crippen MR) is 120 cm³/mol. The minimum Gasteiger partial charge on any atom is -0.289 e. The van der Waals surface area contributed by atoms with Gasteiger partial charge in [-0.25, -0.2) is 0 Å². The number of benzene rings is 2. The Kier molecular flexibility index (Phi) is 7.42. The molecule has 3 rings (SSSR count). The molecule has 0 aromatic heterocycles. The van der Waals surface area contributed by atoms with Gasteiger partial charge in [-0.05, 0) is 72.9 Å². The normalized spacial score (nSPS) is 17.9. The molecule has 1 aliphatic rings. The van der Waals surface area contributed by atoms with Gasteiger partial charge in [0.1, 0.15) is 0 Å². The number of Topliss-reactive ketones (excluding diaryl/α,β-unsaturated/α-hetero) is 1. The van der Waals surface area contributed by atoms with Crippen LogP contribution in [-0.4, -0.2) is 5.78 Å². The molecule has 0 bridgehead atoms. The van der Waals surface area contributed by atoms with E-state index >= 15 is 0 Å². The van der Waals surface area contributed by atoms with Crippen molar-refractivity contribution in [3.05, 3.63) is 81.9 Å². The SMILES string of the molecule is CCCc1ccc(C=C2CCCCC(=Cc3ccc(CCC)cc3)C2=O)cc1. The third kappa shape index (κ3) is 5.55. The first kappa shape index (κ1) is 20.3. The summed E-state index contributed by atoms with van der Waals surface area (Å²) in [4.78, 5) is 13.2. The maximum atomic E-state index is 13.2. The number of hydrogen-bond donors (Lipinski definition) is 0. The molecule has 2 aromatic rings. The van der Waals surface area contributed by atoms with Crippen LogP contribution in [0.1, 0.15) is 74.6 Å². The first-order valence-electron chi connectivity index (χ1n) is 10.8. The number of ketones is 1. The molecule has 0 atom stereocenters. The summed E-state index contributed by atoms with van der Waals surface area (Å²) in [6.07, 6.45) is 12.7.